The number of amidine groups is 1. The van der Waals surface area contributed by atoms with E-state index in [1.54, 1.807) is 36.4 Å². The van der Waals surface area contributed by atoms with Crippen LogP contribution in [0.3, 0.4) is 0 Å². The number of benzene rings is 2. The van der Waals surface area contributed by atoms with Crippen molar-refractivity contribution < 1.29 is 9.21 Å². The Labute approximate surface area is 180 Å². The fraction of sp³-hybridized carbons (Fsp3) is 0. The van der Waals surface area contributed by atoms with Crippen molar-refractivity contribution in [3.63, 3.8) is 0 Å². The lowest BCUT2D eigenvalue weighted by Gasteiger charge is -2.00. The minimum Gasteiger partial charge on any atom is -0.457 e. The van der Waals surface area contributed by atoms with Gasteiger partial charge in [-0.25, -0.2) is 4.99 Å². The fourth-order valence-electron chi connectivity index (χ4n) is 2.52. The molecule has 8 heteroatoms. The molecule has 140 valence electrons. The van der Waals surface area contributed by atoms with Crippen LogP contribution in [0, 0.1) is 0 Å². The van der Waals surface area contributed by atoms with E-state index in [4.69, 9.17) is 39.2 Å². The predicted octanol–water partition coefficient (Wildman–Crippen LogP) is 6.80. The predicted molar refractivity (Wildman–Crippen MR) is 116 cm³/mol. The van der Waals surface area contributed by atoms with Crippen LogP contribution in [-0.4, -0.2) is 11.1 Å². The van der Waals surface area contributed by atoms with Gasteiger partial charge >= 0.3 is 0 Å². The van der Waals surface area contributed by atoms with Crippen molar-refractivity contribution in [2.75, 3.05) is 0 Å². The van der Waals surface area contributed by atoms with Gasteiger partial charge in [0.15, 0.2) is 5.17 Å². The van der Waals surface area contributed by atoms with Gasteiger partial charge in [0.25, 0.3) is 5.91 Å². The molecule has 3 aromatic rings. The maximum absolute atomic E-state index is 12.3. The second-order valence-electron chi connectivity index (χ2n) is 5.79. The Kier molecular flexibility index (Phi) is 5.51. The zero-order valence-electron chi connectivity index (χ0n) is 14.1. The van der Waals surface area contributed by atoms with Crippen molar-refractivity contribution in [1.29, 1.82) is 0 Å². The summed E-state index contributed by atoms with van der Waals surface area (Å²) in [5.74, 6) is 0.953. The number of hydrogen-bond acceptors (Lipinski definition) is 4. The molecular formula is C20H11Cl3N2O2S. The molecule has 2 aromatic carbocycles. The summed E-state index contributed by atoms with van der Waals surface area (Å²) in [6, 6.07) is 15.9. The second-order valence-corrected chi connectivity index (χ2v) is 8.10. The summed E-state index contributed by atoms with van der Waals surface area (Å²) in [7, 11) is 0. The van der Waals surface area contributed by atoms with E-state index in [2.05, 4.69) is 10.3 Å². The summed E-state index contributed by atoms with van der Waals surface area (Å²) in [4.78, 5) is 17.1. The Morgan fingerprint density at radius 1 is 1.00 bits per heavy atom. The normalized spacial score (nSPS) is 16.8. The van der Waals surface area contributed by atoms with E-state index in [1.165, 1.54) is 11.8 Å². The van der Waals surface area contributed by atoms with Gasteiger partial charge in [-0.3, -0.25) is 4.79 Å². The van der Waals surface area contributed by atoms with Crippen LogP contribution in [-0.2, 0) is 4.79 Å². The maximum atomic E-state index is 12.3. The van der Waals surface area contributed by atoms with Gasteiger partial charge in [0.2, 0.25) is 0 Å². The summed E-state index contributed by atoms with van der Waals surface area (Å²) in [5, 5.41) is 4.71. The highest BCUT2D eigenvalue weighted by molar-refractivity contribution is 8.18. The van der Waals surface area contributed by atoms with Gasteiger partial charge in [0, 0.05) is 21.7 Å². The standard InChI is InChI=1S/C20H11Cl3N2O2S/c21-12-3-1-2-11(8-12)17-7-5-14(27-17)10-18-19(26)25-20(28-18)24-16-9-13(22)4-6-15(16)23/h1-10H,(H,24,25,26)/b18-10+. The van der Waals surface area contributed by atoms with Gasteiger partial charge in [-0.15, -0.1) is 0 Å². The van der Waals surface area contributed by atoms with Crippen molar-refractivity contribution in [2.24, 2.45) is 4.99 Å². The Morgan fingerprint density at radius 2 is 1.82 bits per heavy atom. The number of carbonyl (C=O) groups is 1. The van der Waals surface area contributed by atoms with Crippen molar-refractivity contribution in [3.8, 4) is 11.3 Å². The third-order valence-electron chi connectivity index (χ3n) is 3.79. The molecule has 1 saturated heterocycles. The van der Waals surface area contributed by atoms with Crippen LogP contribution in [0.1, 0.15) is 5.76 Å². The minimum absolute atomic E-state index is 0.261. The molecule has 4 rings (SSSR count). The number of halogens is 3. The molecule has 1 N–H and O–H groups in total. The van der Waals surface area contributed by atoms with Crippen LogP contribution < -0.4 is 5.32 Å². The Morgan fingerprint density at radius 3 is 2.64 bits per heavy atom. The summed E-state index contributed by atoms with van der Waals surface area (Å²) in [6.45, 7) is 0. The SMILES string of the molecule is O=C1NC(=Nc2cc(Cl)ccc2Cl)S/C1=C/c1ccc(-c2cccc(Cl)c2)o1. The first kappa shape index (κ1) is 19.2. The van der Waals surface area contributed by atoms with E-state index in [-0.39, 0.29) is 5.91 Å². The summed E-state index contributed by atoms with van der Waals surface area (Å²) in [6.07, 6.45) is 1.66. The molecule has 28 heavy (non-hydrogen) atoms. The van der Waals surface area contributed by atoms with Crippen LogP contribution in [0.5, 0.6) is 0 Å². The number of nitrogens with one attached hydrogen (secondary N) is 1. The zero-order chi connectivity index (χ0) is 19.7. The van der Waals surface area contributed by atoms with Gasteiger partial charge in [0.1, 0.15) is 11.5 Å². The third-order valence-corrected chi connectivity index (χ3v) is 5.49. The molecule has 0 bridgehead atoms. The van der Waals surface area contributed by atoms with Crippen molar-refractivity contribution in [2.45, 2.75) is 0 Å². The Balaban J connectivity index is 1.57. The van der Waals surface area contributed by atoms with E-state index in [9.17, 15) is 4.79 Å². The van der Waals surface area contributed by atoms with Crippen molar-refractivity contribution in [3.05, 3.63) is 80.3 Å². The van der Waals surface area contributed by atoms with Crippen molar-refractivity contribution in [1.82, 2.24) is 5.32 Å². The molecule has 0 atom stereocenters. The highest BCUT2D eigenvalue weighted by atomic mass is 35.5. The van der Waals surface area contributed by atoms with E-state index in [0.29, 0.717) is 42.3 Å². The first-order chi connectivity index (χ1) is 13.5. The molecule has 0 aliphatic carbocycles. The molecule has 1 aliphatic heterocycles. The van der Waals surface area contributed by atoms with E-state index < -0.39 is 0 Å². The first-order valence-corrected chi connectivity index (χ1v) is 10.0. The van der Waals surface area contributed by atoms with Crippen LogP contribution in [0.25, 0.3) is 17.4 Å². The van der Waals surface area contributed by atoms with Crippen LogP contribution >= 0.6 is 46.6 Å². The third kappa shape index (κ3) is 4.28. The summed E-state index contributed by atoms with van der Waals surface area (Å²) >= 11 is 19.3. The number of nitrogens with zero attached hydrogens (tertiary/aromatic N) is 1. The largest absolute Gasteiger partial charge is 0.457 e. The maximum Gasteiger partial charge on any atom is 0.264 e. The number of carbonyl (C=O) groups excluding carboxylic acids is 1. The van der Waals surface area contributed by atoms with Gasteiger partial charge in [-0.2, -0.15) is 0 Å². The quantitative estimate of drug-likeness (QED) is 0.447. The molecule has 0 unspecified atom stereocenters. The average Bonchev–Trinajstić information content (AvgIpc) is 3.25. The van der Waals surface area contributed by atoms with Gasteiger partial charge in [-0.1, -0.05) is 46.9 Å². The smallest absolute Gasteiger partial charge is 0.264 e. The van der Waals surface area contributed by atoms with Crippen LogP contribution in [0.4, 0.5) is 5.69 Å². The van der Waals surface area contributed by atoms with E-state index in [0.717, 1.165) is 5.56 Å². The van der Waals surface area contributed by atoms with Crippen LogP contribution in [0.15, 0.2) is 68.9 Å². The monoisotopic (exact) mass is 448 g/mol. The number of aliphatic imine (C=N–C) groups is 1. The molecule has 2 heterocycles. The number of hydrogen-bond donors (Lipinski definition) is 1. The molecule has 0 saturated carbocycles. The van der Waals surface area contributed by atoms with E-state index in [1.807, 2.05) is 24.3 Å². The molecule has 4 nitrogen and oxygen atoms in total. The highest BCUT2D eigenvalue weighted by Gasteiger charge is 2.24. The van der Waals surface area contributed by atoms with Gasteiger partial charge < -0.3 is 9.73 Å². The van der Waals surface area contributed by atoms with Gasteiger partial charge in [0.05, 0.1) is 15.6 Å². The molecular weight excluding hydrogens is 439 g/mol. The molecule has 0 radical (unpaired) electrons. The lowest BCUT2D eigenvalue weighted by Crippen LogP contribution is -2.19. The second kappa shape index (κ2) is 8.05. The minimum atomic E-state index is -0.261. The average molecular weight is 450 g/mol. The lowest BCUT2D eigenvalue weighted by atomic mass is 10.2. The number of furan rings is 1. The molecule has 1 aliphatic rings. The number of rotatable bonds is 3. The van der Waals surface area contributed by atoms with Gasteiger partial charge in [-0.05, 0) is 54.2 Å². The summed E-state index contributed by atoms with van der Waals surface area (Å²) in [5.41, 5.74) is 1.35. The van der Waals surface area contributed by atoms with Crippen LogP contribution in [0.2, 0.25) is 15.1 Å². The number of amides is 1. The highest BCUT2D eigenvalue weighted by Crippen LogP contribution is 2.33. The fourth-order valence-corrected chi connectivity index (χ4v) is 3.85. The molecule has 1 fully saturated rings. The Hall–Kier alpha value is -2.18. The molecule has 1 aromatic heterocycles. The van der Waals surface area contributed by atoms with Crippen molar-refractivity contribution >= 4 is 69.4 Å². The summed E-state index contributed by atoms with van der Waals surface area (Å²) < 4.78 is 5.82. The topological polar surface area (TPSA) is 54.6 Å². The Bertz CT molecular complexity index is 1140. The molecule has 1 amide bonds. The zero-order valence-corrected chi connectivity index (χ0v) is 17.2. The number of thioether (sulfide) groups is 1. The molecule has 0 spiro atoms. The first-order valence-electron chi connectivity index (χ1n) is 8.08. The van der Waals surface area contributed by atoms with E-state index >= 15 is 0 Å². The lowest BCUT2D eigenvalue weighted by molar-refractivity contribution is -0.115.